The molecule has 0 aliphatic heterocycles. The van der Waals surface area contributed by atoms with Gasteiger partial charge in [0.2, 0.25) is 0 Å². The van der Waals surface area contributed by atoms with Crippen molar-refractivity contribution in [3.8, 4) is 0 Å². The van der Waals surface area contributed by atoms with Crippen LogP contribution in [0.15, 0.2) is 6.33 Å². The second-order valence-corrected chi connectivity index (χ2v) is 5.06. The molecule has 0 radical (unpaired) electrons. The van der Waals surface area contributed by atoms with Crippen molar-refractivity contribution in [2.45, 2.75) is 38.5 Å². The highest BCUT2D eigenvalue weighted by Gasteiger charge is 2.12. The van der Waals surface area contributed by atoms with Crippen LogP contribution in [-0.2, 0) is 7.05 Å². The van der Waals surface area contributed by atoms with Crippen molar-refractivity contribution in [3.63, 3.8) is 0 Å². The summed E-state index contributed by atoms with van der Waals surface area (Å²) < 4.78 is 1.74. The third kappa shape index (κ3) is 4.38. The molecule has 1 rings (SSSR count). The molecule has 0 fully saturated rings. The van der Waals surface area contributed by atoms with E-state index < -0.39 is 0 Å². The van der Waals surface area contributed by atoms with Crippen molar-refractivity contribution in [3.05, 3.63) is 12.0 Å². The number of alkyl halides is 1. The average Bonchev–Trinajstić information content (AvgIpc) is 2.59. The lowest BCUT2D eigenvalue weighted by atomic mass is 10.2. The van der Waals surface area contributed by atoms with Crippen LogP contribution in [0.2, 0.25) is 0 Å². The fourth-order valence-electron chi connectivity index (χ4n) is 1.73. The number of anilines is 1. The molecule has 4 nitrogen and oxygen atoms in total. The first-order valence-electron chi connectivity index (χ1n) is 5.92. The Labute approximate surface area is 107 Å². The zero-order chi connectivity index (χ0) is 12.8. The SMILES string of the molecule is CC(=O)c1c(NCCCCC(C)Cl)ncn1C. The third-order valence-electron chi connectivity index (χ3n) is 2.59. The number of unbranched alkanes of at least 4 members (excludes halogenated alkanes) is 1. The summed E-state index contributed by atoms with van der Waals surface area (Å²) >= 11 is 5.86. The van der Waals surface area contributed by atoms with E-state index in [0.717, 1.165) is 25.8 Å². The van der Waals surface area contributed by atoms with Gasteiger partial charge in [-0.05, 0) is 19.8 Å². The van der Waals surface area contributed by atoms with Gasteiger partial charge in [-0.3, -0.25) is 4.79 Å². The quantitative estimate of drug-likeness (QED) is 0.464. The Bertz CT molecular complexity index is 374. The predicted octanol–water partition coefficient (Wildman–Crippen LogP) is 2.83. The maximum atomic E-state index is 11.4. The average molecular weight is 258 g/mol. The van der Waals surface area contributed by atoms with E-state index in [9.17, 15) is 4.79 Å². The molecule has 1 N–H and O–H groups in total. The van der Waals surface area contributed by atoms with Gasteiger partial charge in [-0.1, -0.05) is 6.42 Å². The van der Waals surface area contributed by atoms with Gasteiger partial charge in [0.15, 0.2) is 11.6 Å². The second-order valence-electron chi connectivity index (χ2n) is 4.31. The Morgan fingerprint density at radius 2 is 2.29 bits per heavy atom. The highest BCUT2D eigenvalue weighted by molar-refractivity contribution is 6.20. The zero-order valence-electron chi connectivity index (χ0n) is 10.7. The number of Topliss-reactive ketones (excluding diaryl/α,β-unsaturated/α-hetero) is 1. The first-order valence-corrected chi connectivity index (χ1v) is 6.36. The normalized spacial score (nSPS) is 12.5. The summed E-state index contributed by atoms with van der Waals surface area (Å²) in [6, 6.07) is 0. The molecule has 0 aliphatic carbocycles. The van der Waals surface area contributed by atoms with Gasteiger partial charge in [0.25, 0.3) is 0 Å². The van der Waals surface area contributed by atoms with Gasteiger partial charge in [-0.15, -0.1) is 11.6 Å². The van der Waals surface area contributed by atoms with Crippen LogP contribution >= 0.6 is 11.6 Å². The Morgan fingerprint density at radius 1 is 1.59 bits per heavy atom. The maximum Gasteiger partial charge on any atom is 0.179 e. The summed E-state index contributed by atoms with van der Waals surface area (Å²) in [7, 11) is 1.82. The Balaban J connectivity index is 2.39. The van der Waals surface area contributed by atoms with E-state index >= 15 is 0 Å². The first-order chi connectivity index (χ1) is 8.02. The number of aryl methyl sites for hydroxylation is 1. The molecule has 5 heteroatoms. The van der Waals surface area contributed by atoms with Crippen molar-refractivity contribution in [2.75, 3.05) is 11.9 Å². The number of rotatable bonds is 7. The van der Waals surface area contributed by atoms with E-state index in [2.05, 4.69) is 10.3 Å². The monoisotopic (exact) mass is 257 g/mol. The fourth-order valence-corrected chi connectivity index (χ4v) is 1.89. The number of nitrogens with one attached hydrogen (secondary N) is 1. The van der Waals surface area contributed by atoms with Gasteiger partial charge in [0.05, 0.1) is 6.33 Å². The molecule has 17 heavy (non-hydrogen) atoms. The molecule has 0 amide bonds. The lowest BCUT2D eigenvalue weighted by Gasteiger charge is -2.06. The largest absolute Gasteiger partial charge is 0.368 e. The van der Waals surface area contributed by atoms with Crippen LogP contribution in [0.4, 0.5) is 5.82 Å². The van der Waals surface area contributed by atoms with E-state index in [1.54, 1.807) is 17.8 Å². The third-order valence-corrected chi connectivity index (χ3v) is 2.81. The van der Waals surface area contributed by atoms with Gasteiger partial charge >= 0.3 is 0 Å². The van der Waals surface area contributed by atoms with Crippen molar-refractivity contribution in [2.24, 2.45) is 7.05 Å². The molecule has 1 heterocycles. The molecule has 1 unspecified atom stereocenters. The minimum absolute atomic E-state index is 0.0295. The molecule has 0 spiro atoms. The van der Waals surface area contributed by atoms with Gasteiger partial charge < -0.3 is 9.88 Å². The Morgan fingerprint density at radius 3 is 2.88 bits per heavy atom. The molecule has 0 saturated carbocycles. The Kier molecular flexibility index (Phi) is 5.48. The van der Waals surface area contributed by atoms with E-state index in [1.807, 2.05) is 14.0 Å². The van der Waals surface area contributed by atoms with Crippen molar-refractivity contribution in [1.82, 2.24) is 9.55 Å². The summed E-state index contributed by atoms with van der Waals surface area (Å²) in [6.45, 7) is 4.37. The van der Waals surface area contributed by atoms with Gasteiger partial charge in [0.1, 0.15) is 5.69 Å². The Hall–Kier alpha value is -1.03. The standard InChI is InChI=1S/C12H20ClN3O/c1-9(13)6-4-5-7-14-12-11(10(2)17)16(3)8-15-12/h8-9,14H,4-7H2,1-3H3. The number of hydrogen-bond donors (Lipinski definition) is 1. The van der Waals surface area contributed by atoms with Crippen molar-refractivity contribution >= 4 is 23.2 Å². The number of carbonyl (C=O) groups is 1. The summed E-state index contributed by atoms with van der Waals surface area (Å²) in [5.74, 6) is 0.709. The molecule has 1 aromatic heterocycles. The number of ketones is 1. The van der Waals surface area contributed by atoms with E-state index in [-0.39, 0.29) is 11.2 Å². The predicted molar refractivity (Wildman–Crippen MR) is 70.9 cm³/mol. The number of hydrogen-bond acceptors (Lipinski definition) is 3. The minimum Gasteiger partial charge on any atom is -0.368 e. The summed E-state index contributed by atoms with van der Waals surface area (Å²) in [5, 5.41) is 3.43. The minimum atomic E-state index is 0.0295. The van der Waals surface area contributed by atoms with Crippen LogP contribution in [0.1, 0.15) is 43.6 Å². The van der Waals surface area contributed by atoms with Gasteiger partial charge in [-0.2, -0.15) is 0 Å². The van der Waals surface area contributed by atoms with Crippen molar-refractivity contribution < 1.29 is 4.79 Å². The van der Waals surface area contributed by atoms with Crippen LogP contribution in [0.25, 0.3) is 0 Å². The maximum absolute atomic E-state index is 11.4. The van der Waals surface area contributed by atoms with E-state index in [1.165, 1.54) is 0 Å². The molecule has 0 saturated heterocycles. The fraction of sp³-hybridized carbons (Fsp3) is 0.667. The first kappa shape index (κ1) is 14.0. The molecule has 0 aromatic carbocycles. The molecule has 1 aromatic rings. The zero-order valence-corrected chi connectivity index (χ0v) is 11.4. The molecular formula is C12H20ClN3O. The number of nitrogens with zero attached hydrogens (tertiary/aromatic N) is 2. The van der Waals surface area contributed by atoms with Crippen LogP contribution in [0.3, 0.4) is 0 Å². The number of aromatic nitrogens is 2. The molecule has 1 atom stereocenters. The lowest BCUT2D eigenvalue weighted by molar-refractivity contribution is 0.101. The summed E-state index contributed by atoms with van der Waals surface area (Å²) in [6.07, 6.45) is 4.79. The summed E-state index contributed by atoms with van der Waals surface area (Å²) in [4.78, 5) is 15.6. The highest BCUT2D eigenvalue weighted by Crippen LogP contribution is 2.13. The molecule has 96 valence electrons. The van der Waals surface area contributed by atoms with Crippen LogP contribution in [-0.4, -0.2) is 27.3 Å². The topological polar surface area (TPSA) is 46.9 Å². The van der Waals surface area contributed by atoms with Crippen LogP contribution in [0, 0.1) is 0 Å². The number of carbonyl (C=O) groups excluding carboxylic acids is 1. The smallest absolute Gasteiger partial charge is 0.179 e. The second kappa shape index (κ2) is 6.64. The molecular weight excluding hydrogens is 238 g/mol. The summed E-state index contributed by atoms with van der Waals surface area (Å²) in [5.41, 5.74) is 0.635. The number of imidazole rings is 1. The van der Waals surface area contributed by atoms with E-state index in [0.29, 0.717) is 11.5 Å². The van der Waals surface area contributed by atoms with Crippen LogP contribution < -0.4 is 5.32 Å². The molecule has 0 bridgehead atoms. The van der Waals surface area contributed by atoms with Gasteiger partial charge in [0, 0.05) is 25.9 Å². The van der Waals surface area contributed by atoms with Gasteiger partial charge in [-0.25, -0.2) is 4.98 Å². The van der Waals surface area contributed by atoms with Crippen LogP contribution in [0.5, 0.6) is 0 Å². The lowest BCUT2D eigenvalue weighted by Crippen LogP contribution is -2.09. The highest BCUT2D eigenvalue weighted by atomic mass is 35.5. The van der Waals surface area contributed by atoms with E-state index in [4.69, 9.17) is 11.6 Å². The number of halogens is 1. The molecule has 0 aliphatic rings. The van der Waals surface area contributed by atoms with Crippen molar-refractivity contribution in [1.29, 1.82) is 0 Å².